The highest BCUT2D eigenvalue weighted by molar-refractivity contribution is 6.00. The smallest absolute Gasteiger partial charge is 0.247 e. The molecular formula is C24H28N4O2. The minimum atomic E-state index is -0.359. The number of fused-ring (bicyclic) bond motifs is 1. The second-order valence-corrected chi connectivity index (χ2v) is 8.19. The van der Waals surface area contributed by atoms with Crippen LogP contribution in [0.3, 0.4) is 0 Å². The summed E-state index contributed by atoms with van der Waals surface area (Å²) in [5.41, 5.74) is 7.12. The minimum Gasteiger partial charge on any atom is -0.326 e. The first kappa shape index (κ1) is 20.3. The van der Waals surface area contributed by atoms with E-state index in [0.717, 1.165) is 22.5 Å². The number of carbonyl (C=O) groups excluding carboxylic acids is 2. The fourth-order valence-electron chi connectivity index (χ4n) is 4.46. The molecule has 0 aromatic heterocycles. The van der Waals surface area contributed by atoms with Gasteiger partial charge in [-0.25, -0.2) is 10.4 Å². The van der Waals surface area contributed by atoms with E-state index in [-0.39, 0.29) is 29.7 Å². The summed E-state index contributed by atoms with van der Waals surface area (Å²) < 4.78 is 0. The van der Waals surface area contributed by atoms with E-state index in [2.05, 4.69) is 28.3 Å². The van der Waals surface area contributed by atoms with Crippen molar-refractivity contribution in [1.29, 1.82) is 0 Å². The molecule has 0 radical (unpaired) electrons. The van der Waals surface area contributed by atoms with E-state index in [0.29, 0.717) is 19.6 Å². The van der Waals surface area contributed by atoms with Crippen LogP contribution in [-0.2, 0) is 9.59 Å². The number of nitrogens with one attached hydrogen (secondary N) is 2. The molecule has 2 heterocycles. The molecule has 30 heavy (non-hydrogen) atoms. The summed E-state index contributed by atoms with van der Waals surface area (Å²) in [6.07, 6.45) is 1.82. The highest BCUT2D eigenvalue weighted by Gasteiger charge is 2.50. The van der Waals surface area contributed by atoms with Gasteiger partial charge in [0.2, 0.25) is 11.8 Å². The molecular weight excluding hydrogens is 376 g/mol. The molecule has 4 rings (SSSR count). The maximum atomic E-state index is 13.3. The molecule has 2 fully saturated rings. The maximum Gasteiger partial charge on any atom is 0.247 e. The van der Waals surface area contributed by atoms with E-state index in [9.17, 15) is 9.59 Å². The summed E-state index contributed by atoms with van der Waals surface area (Å²) in [4.78, 5) is 28.6. The lowest BCUT2D eigenvalue weighted by Crippen LogP contribution is -2.56. The van der Waals surface area contributed by atoms with Crippen molar-refractivity contribution in [2.45, 2.75) is 19.9 Å². The summed E-state index contributed by atoms with van der Waals surface area (Å²) in [7, 11) is 0. The minimum absolute atomic E-state index is 0.00396. The lowest BCUT2D eigenvalue weighted by Gasteiger charge is -2.37. The predicted molar refractivity (Wildman–Crippen MR) is 119 cm³/mol. The van der Waals surface area contributed by atoms with Crippen molar-refractivity contribution in [2.24, 2.45) is 11.8 Å². The fourth-order valence-corrected chi connectivity index (χ4v) is 4.46. The van der Waals surface area contributed by atoms with Gasteiger partial charge in [0.15, 0.2) is 0 Å². The Morgan fingerprint density at radius 1 is 1.20 bits per heavy atom. The lowest BCUT2D eigenvalue weighted by atomic mass is 9.84. The molecule has 3 unspecified atom stereocenters. The standard InChI is InChI=1S/C24H28N4O2/c1-4-12-27-14-19(23(29)25-21-11-10-16(2)13-17(21)3)22-20(15-27)24(30)28(26-22)18-8-6-5-7-9-18/h4-11,13,19-20,22,26H,1,12,14-15H2,2-3H3,(H,25,29). The Morgan fingerprint density at radius 2 is 1.97 bits per heavy atom. The first-order valence-electron chi connectivity index (χ1n) is 10.3. The van der Waals surface area contributed by atoms with Gasteiger partial charge in [-0.15, -0.1) is 6.58 Å². The van der Waals surface area contributed by atoms with Crippen LogP contribution in [0.1, 0.15) is 11.1 Å². The van der Waals surface area contributed by atoms with E-state index in [1.807, 2.05) is 62.4 Å². The zero-order valence-corrected chi connectivity index (χ0v) is 17.5. The lowest BCUT2D eigenvalue weighted by molar-refractivity contribution is -0.125. The van der Waals surface area contributed by atoms with Crippen LogP contribution in [-0.4, -0.2) is 42.4 Å². The van der Waals surface area contributed by atoms with Gasteiger partial charge in [0.1, 0.15) is 0 Å². The molecule has 3 atom stereocenters. The van der Waals surface area contributed by atoms with Gasteiger partial charge in [0, 0.05) is 25.3 Å². The normalized spacial score (nSPS) is 23.9. The molecule has 2 amide bonds. The summed E-state index contributed by atoms with van der Waals surface area (Å²) in [6, 6.07) is 15.3. The maximum absolute atomic E-state index is 13.3. The predicted octanol–water partition coefficient (Wildman–Crippen LogP) is 2.90. The van der Waals surface area contributed by atoms with E-state index < -0.39 is 0 Å². The van der Waals surface area contributed by atoms with Crippen molar-refractivity contribution >= 4 is 23.2 Å². The number of carbonyl (C=O) groups is 2. The van der Waals surface area contributed by atoms with Gasteiger partial charge in [0.25, 0.3) is 0 Å². The van der Waals surface area contributed by atoms with Crippen molar-refractivity contribution in [1.82, 2.24) is 10.3 Å². The molecule has 6 heteroatoms. The van der Waals surface area contributed by atoms with Crippen molar-refractivity contribution < 1.29 is 9.59 Å². The number of anilines is 2. The number of hydrazine groups is 1. The van der Waals surface area contributed by atoms with Crippen LogP contribution >= 0.6 is 0 Å². The third kappa shape index (κ3) is 3.88. The topological polar surface area (TPSA) is 64.7 Å². The number of amides is 2. The van der Waals surface area contributed by atoms with Crippen LogP contribution in [0.2, 0.25) is 0 Å². The molecule has 0 saturated carbocycles. The Labute approximate surface area is 177 Å². The van der Waals surface area contributed by atoms with Crippen molar-refractivity contribution in [3.05, 3.63) is 72.3 Å². The molecule has 2 saturated heterocycles. The Kier molecular flexibility index (Phi) is 5.70. The number of aryl methyl sites for hydroxylation is 2. The second-order valence-electron chi connectivity index (χ2n) is 8.19. The van der Waals surface area contributed by atoms with Gasteiger partial charge in [0.05, 0.1) is 23.6 Å². The number of hydrogen-bond acceptors (Lipinski definition) is 4. The zero-order valence-electron chi connectivity index (χ0n) is 17.5. The summed E-state index contributed by atoms with van der Waals surface area (Å²) in [5, 5.41) is 4.69. The molecule has 2 aliphatic heterocycles. The van der Waals surface area contributed by atoms with Crippen LogP contribution in [0, 0.1) is 25.7 Å². The zero-order chi connectivity index (χ0) is 21.3. The van der Waals surface area contributed by atoms with E-state index in [1.54, 1.807) is 5.01 Å². The average Bonchev–Trinajstić information content (AvgIpc) is 3.07. The van der Waals surface area contributed by atoms with Crippen LogP contribution in [0.25, 0.3) is 0 Å². The number of benzene rings is 2. The molecule has 2 aliphatic rings. The molecule has 2 N–H and O–H groups in total. The SMILES string of the molecule is C=CCN1CC(C(=O)Nc2ccc(C)cc2C)C2NN(c3ccccc3)C(=O)C2C1. The highest BCUT2D eigenvalue weighted by atomic mass is 16.2. The Hall–Kier alpha value is -2.96. The highest BCUT2D eigenvalue weighted by Crippen LogP contribution is 2.32. The quantitative estimate of drug-likeness (QED) is 0.752. The Bertz CT molecular complexity index is 959. The molecule has 0 bridgehead atoms. The first-order chi connectivity index (χ1) is 14.5. The molecule has 0 aliphatic carbocycles. The summed E-state index contributed by atoms with van der Waals surface area (Å²) in [6.45, 7) is 9.68. The van der Waals surface area contributed by atoms with Crippen molar-refractivity contribution in [2.75, 3.05) is 30.0 Å². The Balaban J connectivity index is 1.59. The van der Waals surface area contributed by atoms with Crippen molar-refractivity contribution in [3.8, 4) is 0 Å². The fraction of sp³-hybridized carbons (Fsp3) is 0.333. The summed E-state index contributed by atoms with van der Waals surface area (Å²) >= 11 is 0. The Morgan fingerprint density at radius 3 is 2.67 bits per heavy atom. The molecule has 6 nitrogen and oxygen atoms in total. The third-order valence-corrected chi connectivity index (χ3v) is 5.97. The average molecular weight is 405 g/mol. The van der Waals surface area contributed by atoms with Gasteiger partial charge >= 0.3 is 0 Å². The number of piperidine rings is 1. The van der Waals surface area contributed by atoms with E-state index in [1.165, 1.54) is 0 Å². The molecule has 2 aromatic carbocycles. The number of likely N-dealkylation sites (tertiary alicyclic amines) is 1. The molecule has 0 spiro atoms. The molecule has 156 valence electrons. The number of hydrogen-bond donors (Lipinski definition) is 2. The molecule has 2 aromatic rings. The van der Waals surface area contributed by atoms with Gasteiger partial charge < -0.3 is 5.32 Å². The number of nitrogens with zero attached hydrogens (tertiary/aromatic N) is 2. The summed E-state index contributed by atoms with van der Waals surface area (Å²) in [5.74, 6) is -0.707. The first-order valence-corrected chi connectivity index (χ1v) is 10.3. The van der Waals surface area contributed by atoms with Gasteiger partial charge in [-0.2, -0.15) is 0 Å². The van der Waals surface area contributed by atoms with Crippen molar-refractivity contribution in [3.63, 3.8) is 0 Å². The van der Waals surface area contributed by atoms with Crippen LogP contribution < -0.4 is 15.8 Å². The van der Waals surface area contributed by atoms with Gasteiger partial charge in [-0.3, -0.25) is 14.5 Å². The van der Waals surface area contributed by atoms with Crippen LogP contribution in [0.4, 0.5) is 11.4 Å². The number of rotatable bonds is 5. The van der Waals surface area contributed by atoms with E-state index >= 15 is 0 Å². The van der Waals surface area contributed by atoms with Crippen LogP contribution in [0.15, 0.2) is 61.2 Å². The second kappa shape index (κ2) is 8.42. The van der Waals surface area contributed by atoms with E-state index in [4.69, 9.17) is 0 Å². The largest absolute Gasteiger partial charge is 0.326 e. The third-order valence-electron chi connectivity index (χ3n) is 5.97. The monoisotopic (exact) mass is 404 g/mol. The van der Waals surface area contributed by atoms with Gasteiger partial charge in [-0.05, 0) is 37.6 Å². The number of para-hydroxylation sites is 1. The van der Waals surface area contributed by atoms with Gasteiger partial charge in [-0.1, -0.05) is 42.0 Å². The van der Waals surface area contributed by atoms with Crippen LogP contribution in [0.5, 0.6) is 0 Å².